The van der Waals surface area contributed by atoms with Crippen LogP contribution in [0.25, 0.3) is 0 Å². The highest BCUT2D eigenvalue weighted by Gasteiger charge is 2.38. The Morgan fingerprint density at radius 3 is 2.79 bits per heavy atom. The summed E-state index contributed by atoms with van der Waals surface area (Å²) < 4.78 is 5.46. The van der Waals surface area contributed by atoms with Crippen molar-refractivity contribution in [2.75, 3.05) is 26.2 Å². The molecular weight excluding hydrogens is 244 g/mol. The van der Waals surface area contributed by atoms with E-state index >= 15 is 0 Å². The first kappa shape index (κ1) is 14.0. The Hall–Kier alpha value is -1.43. The number of nitrogens with two attached hydrogens (primary N) is 1. The molecule has 1 heterocycles. The molecule has 1 aliphatic heterocycles. The minimum absolute atomic E-state index is 0.113. The summed E-state index contributed by atoms with van der Waals surface area (Å²) in [4.78, 5) is 13.6. The zero-order valence-corrected chi connectivity index (χ0v) is 11.1. The van der Waals surface area contributed by atoms with Gasteiger partial charge in [0.25, 0.3) is 0 Å². The van der Waals surface area contributed by atoms with Crippen molar-refractivity contribution >= 4 is 5.97 Å². The fourth-order valence-electron chi connectivity index (χ4n) is 2.40. The van der Waals surface area contributed by atoms with E-state index in [0.29, 0.717) is 31.8 Å². The largest absolute Gasteiger partial charge is 0.480 e. The van der Waals surface area contributed by atoms with E-state index in [9.17, 15) is 9.90 Å². The molecule has 0 bridgehead atoms. The average molecular weight is 264 g/mol. The molecule has 0 aliphatic carbocycles. The number of hydrogen-bond acceptors (Lipinski definition) is 4. The van der Waals surface area contributed by atoms with Gasteiger partial charge in [0, 0.05) is 19.6 Å². The highest BCUT2D eigenvalue weighted by Crippen LogP contribution is 2.21. The SMILES string of the molecule is CC1CN(CC(N)(C(=O)O)c2ccccc2)CCO1. The summed E-state index contributed by atoms with van der Waals surface area (Å²) in [6.07, 6.45) is 0.113. The number of carboxylic acids is 1. The molecule has 0 spiro atoms. The summed E-state index contributed by atoms with van der Waals surface area (Å²) >= 11 is 0. The van der Waals surface area contributed by atoms with Crippen molar-refractivity contribution in [1.29, 1.82) is 0 Å². The molecule has 104 valence electrons. The Morgan fingerprint density at radius 2 is 2.21 bits per heavy atom. The lowest BCUT2D eigenvalue weighted by atomic mass is 9.90. The van der Waals surface area contributed by atoms with Crippen LogP contribution in [0.2, 0.25) is 0 Å². The molecule has 2 unspecified atom stereocenters. The van der Waals surface area contributed by atoms with Crippen molar-refractivity contribution < 1.29 is 14.6 Å². The van der Waals surface area contributed by atoms with Gasteiger partial charge in [-0.25, -0.2) is 4.79 Å². The van der Waals surface area contributed by atoms with Crippen molar-refractivity contribution in [2.45, 2.75) is 18.6 Å². The highest BCUT2D eigenvalue weighted by atomic mass is 16.5. The van der Waals surface area contributed by atoms with Crippen molar-refractivity contribution in [1.82, 2.24) is 4.90 Å². The van der Waals surface area contributed by atoms with Crippen LogP contribution in [0.5, 0.6) is 0 Å². The van der Waals surface area contributed by atoms with Crippen LogP contribution in [-0.4, -0.2) is 48.3 Å². The lowest BCUT2D eigenvalue weighted by Crippen LogP contribution is -2.56. The number of nitrogens with zero attached hydrogens (tertiary/aromatic N) is 1. The first-order chi connectivity index (χ1) is 9.02. The van der Waals surface area contributed by atoms with E-state index < -0.39 is 11.5 Å². The van der Waals surface area contributed by atoms with Crippen molar-refractivity contribution in [3.63, 3.8) is 0 Å². The number of hydrogen-bond donors (Lipinski definition) is 2. The van der Waals surface area contributed by atoms with Crippen molar-refractivity contribution in [3.8, 4) is 0 Å². The standard InChI is InChI=1S/C14H20N2O3/c1-11-9-16(7-8-19-11)10-14(15,13(17)18)12-5-3-2-4-6-12/h2-6,11H,7-10,15H2,1H3,(H,17,18). The molecule has 2 rings (SSSR count). The van der Waals surface area contributed by atoms with Gasteiger partial charge in [0.2, 0.25) is 0 Å². The Bertz CT molecular complexity index is 438. The van der Waals surface area contributed by atoms with Crippen LogP contribution in [0, 0.1) is 0 Å². The first-order valence-corrected chi connectivity index (χ1v) is 6.44. The lowest BCUT2D eigenvalue weighted by Gasteiger charge is -2.36. The van der Waals surface area contributed by atoms with Crippen LogP contribution in [0.4, 0.5) is 0 Å². The third-order valence-electron chi connectivity index (χ3n) is 3.47. The van der Waals surface area contributed by atoms with E-state index in [4.69, 9.17) is 10.5 Å². The second-order valence-electron chi connectivity index (χ2n) is 5.06. The molecule has 1 aromatic carbocycles. The fourth-order valence-corrected chi connectivity index (χ4v) is 2.40. The Labute approximate surface area is 113 Å². The van der Waals surface area contributed by atoms with Crippen LogP contribution in [0.1, 0.15) is 12.5 Å². The molecule has 2 atom stereocenters. The quantitative estimate of drug-likeness (QED) is 0.835. The lowest BCUT2D eigenvalue weighted by molar-refractivity contribution is -0.145. The Balaban J connectivity index is 2.18. The highest BCUT2D eigenvalue weighted by molar-refractivity contribution is 5.80. The molecule has 0 saturated carbocycles. The second kappa shape index (κ2) is 5.69. The molecule has 1 aliphatic rings. The zero-order valence-electron chi connectivity index (χ0n) is 11.1. The van der Waals surface area contributed by atoms with Crippen LogP contribution < -0.4 is 5.73 Å². The predicted octanol–water partition coefficient (Wildman–Crippen LogP) is 0.646. The van der Waals surface area contributed by atoms with Crippen LogP contribution in [-0.2, 0) is 15.1 Å². The number of carbonyl (C=O) groups is 1. The number of benzene rings is 1. The van der Waals surface area contributed by atoms with Gasteiger partial charge >= 0.3 is 5.97 Å². The number of aliphatic carboxylic acids is 1. The number of carboxylic acid groups (broad SMARTS) is 1. The maximum absolute atomic E-state index is 11.6. The van der Waals surface area contributed by atoms with Gasteiger partial charge in [0.05, 0.1) is 12.7 Å². The zero-order chi connectivity index (χ0) is 13.9. The predicted molar refractivity (Wildman–Crippen MR) is 71.8 cm³/mol. The van der Waals surface area contributed by atoms with Gasteiger partial charge in [-0.1, -0.05) is 30.3 Å². The van der Waals surface area contributed by atoms with Crippen LogP contribution in [0.3, 0.4) is 0 Å². The van der Waals surface area contributed by atoms with Crippen molar-refractivity contribution in [3.05, 3.63) is 35.9 Å². The Morgan fingerprint density at radius 1 is 1.53 bits per heavy atom. The summed E-state index contributed by atoms with van der Waals surface area (Å²) in [5, 5.41) is 9.50. The molecular formula is C14H20N2O3. The average Bonchev–Trinajstić information content (AvgIpc) is 2.39. The number of rotatable bonds is 4. The Kier molecular flexibility index (Phi) is 4.19. The van der Waals surface area contributed by atoms with Gasteiger partial charge in [-0.3, -0.25) is 4.90 Å². The molecule has 19 heavy (non-hydrogen) atoms. The number of morpholine rings is 1. The molecule has 0 aromatic heterocycles. The molecule has 3 N–H and O–H groups in total. The molecule has 0 amide bonds. The van der Waals surface area contributed by atoms with Gasteiger partial charge in [-0.15, -0.1) is 0 Å². The minimum atomic E-state index is -1.38. The molecule has 0 radical (unpaired) electrons. The first-order valence-electron chi connectivity index (χ1n) is 6.44. The summed E-state index contributed by atoms with van der Waals surface area (Å²) in [5.74, 6) is -1.00. The normalized spacial score (nSPS) is 23.8. The molecule has 1 aromatic rings. The minimum Gasteiger partial charge on any atom is -0.480 e. The van der Waals surface area contributed by atoms with E-state index in [1.165, 1.54) is 0 Å². The van der Waals surface area contributed by atoms with Crippen LogP contribution >= 0.6 is 0 Å². The molecule has 1 fully saturated rings. The third-order valence-corrected chi connectivity index (χ3v) is 3.47. The summed E-state index contributed by atoms with van der Waals surface area (Å²) in [7, 11) is 0. The van der Waals surface area contributed by atoms with Crippen LogP contribution in [0.15, 0.2) is 30.3 Å². The smallest absolute Gasteiger partial charge is 0.329 e. The summed E-state index contributed by atoms with van der Waals surface area (Å²) in [6.45, 7) is 4.31. The summed E-state index contributed by atoms with van der Waals surface area (Å²) in [6, 6.07) is 8.99. The maximum atomic E-state index is 11.6. The maximum Gasteiger partial charge on any atom is 0.329 e. The fraction of sp³-hybridized carbons (Fsp3) is 0.500. The van der Waals surface area contributed by atoms with Gasteiger partial charge in [0.1, 0.15) is 0 Å². The van der Waals surface area contributed by atoms with Gasteiger partial charge < -0.3 is 15.6 Å². The van der Waals surface area contributed by atoms with E-state index in [1.54, 1.807) is 12.1 Å². The van der Waals surface area contributed by atoms with E-state index in [-0.39, 0.29) is 6.10 Å². The van der Waals surface area contributed by atoms with E-state index in [1.807, 2.05) is 25.1 Å². The van der Waals surface area contributed by atoms with E-state index in [0.717, 1.165) is 0 Å². The number of ether oxygens (including phenoxy) is 1. The van der Waals surface area contributed by atoms with Crippen molar-refractivity contribution in [2.24, 2.45) is 5.73 Å². The molecule has 1 saturated heterocycles. The monoisotopic (exact) mass is 264 g/mol. The molecule has 5 nitrogen and oxygen atoms in total. The molecule has 5 heteroatoms. The topological polar surface area (TPSA) is 75.8 Å². The van der Waals surface area contributed by atoms with E-state index in [2.05, 4.69) is 4.90 Å². The van der Waals surface area contributed by atoms with Gasteiger partial charge in [0.15, 0.2) is 5.54 Å². The van der Waals surface area contributed by atoms with Gasteiger partial charge in [-0.2, -0.15) is 0 Å². The van der Waals surface area contributed by atoms with Gasteiger partial charge in [-0.05, 0) is 12.5 Å². The third kappa shape index (κ3) is 3.12. The summed E-state index contributed by atoms with van der Waals surface area (Å²) in [5.41, 5.74) is 5.41. The second-order valence-corrected chi connectivity index (χ2v) is 5.06.